The maximum Gasteiger partial charge on any atom is 0.573 e. The molecule has 1 aliphatic heterocycles. The summed E-state index contributed by atoms with van der Waals surface area (Å²) in [5.41, 5.74) is 0. The van der Waals surface area contributed by atoms with Crippen LogP contribution in [0.5, 0.6) is 11.5 Å². The Morgan fingerprint density at radius 3 is 2.35 bits per heavy atom. The number of ether oxygens (including phenoxy) is 1. The summed E-state index contributed by atoms with van der Waals surface area (Å²) in [5, 5.41) is 9.21. The minimum absolute atomic E-state index is 0.259. The van der Waals surface area contributed by atoms with Crippen LogP contribution in [-0.2, 0) is 10.0 Å². The lowest BCUT2D eigenvalue weighted by atomic mass is 10.3. The summed E-state index contributed by atoms with van der Waals surface area (Å²) < 4.78 is 66.2. The minimum Gasteiger partial charge on any atom is -0.508 e. The standard InChI is InChI=1S/C11H12F3NO4S/c12-11(13,14)19-9-7-8(16)3-4-10(9)20(17,18)15-5-1-2-6-15/h3-4,7,16H,1-2,5-6H2. The second-order valence-electron chi connectivity index (χ2n) is 4.29. The molecule has 1 aliphatic rings. The predicted molar refractivity (Wildman–Crippen MR) is 62.8 cm³/mol. The van der Waals surface area contributed by atoms with Crippen LogP contribution >= 0.6 is 0 Å². The Morgan fingerprint density at radius 2 is 1.80 bits per heavy atom. The molecule has 0 bridgehead atoms. The summed E-state index contributed by atoms with van der Waals surface area (Å²) in [6.07, 6.45) is -3.72. The van der Waals surface area contributed by atoms with Gasteiger partial charge >= 0.3 is 6.36 Å². The molecule has 0 unspecified atom stereocenters. The number of sulfonamides is 1. The molecule has 112 valence electrons. The molecular formula is C11H12F3NO4S. The van der Waals surface area contributed by atoms with Crippen molar-refractivity contribution in [2.45, 2.75) is 24.1 Å². The molecular weight excluding hydrogens is 299 g/mol. The first-order chi connectivity index (χ1) is 9.20. The van der Waals surface area contributed by atoms with Crippen LogP contribution in [0.4, 0.5) is 13.2 Å². The van der Waals surface area contributed by atoms with Crippen LogP contribution in [0.15, 0.2) is 23.1 Å². The number of halogens is 3. The number of nitrogens with zero attached hydrogens (tertiary/aromatic N) is 1. The van der Waals surface area contributed by atoms with Crippen molar-refractivity contribution in [3.63, 3.8) is 0 Å². The highest BCUT2D eigenvalue weighted by molar-refractivity contribution is 7.89. The van der Waals surface area contributed by atoms with Gasteiger partial charge < -0.3 is 9.84 Å². The quantitative estimate of drug-likeness (QED) is 0.928. The number of aromatic hydroxyl groups is 1. The number of phenolic OH excluding ortho intramolecular Hbond substituents is 1. The summed E-state index contributed by atoms with van der Waals surface area (Å²) in [7, 11) is -4.06. The van der Waals surface area contributed by atoms with Crippen LogP contribution in [0.2, 0.25) is 0 Å². The summed E-state index contributed by atoms with van der Waals surface area (Å²) in [5.74, 6) is -1.44. The first-order valence-electron chi connectivity index (χ1n) is 5.79. The van der Waals surface area contributed by atoms with Crippen molar-refractivity contribution in [2.75, 3.05) is 13.1 Å². The Labute approximate surface area is 113 Å². The van der Waals surface area contributed by atoms with Crippen molar-refractivity contribution in [2.24, 2.45) is 0 Å². The van der Waals surface area contributed by atoms with Crippen molar-refractivity contribution in [3.05, 3.63) is 18.2 Å². The van der Waals surface area contributed by atoms with Gasteiger partial charge in [0.15, 0.2) is 5.75 Å². The molecule has 1 saturated heterocycles. The third-order valence-corrected chi connectivity index (χ3v) is 4.77. The summed E-state index contributed by atoms with van der Waals surface area (Å²) in [6, 6.07) is 2.55. The van der Waals surface area contributed by atoms with Crippen molar-refractivity contribution in [1.82, 2.24) is 4.31 Å². The highest BCUT2D eigenvalue weighted by Crippen LogP contribution is 2.35. The Hall–Kier alpha value is -1.48. The monoisotopic (exact) mass is 311 g/mol. The molecule has 0 saturated carbocycles. The Bertz CT molecular complexity index is 594. The third-order valence-electron chi connectivity index (χ3n) is 2.84. The van der Waals surface area contributed by atoms with Gasteiger partial charge in [0.05, 0.1) is 0 Å². The minimum atomic E-state index is -5.04. The first kappa shape index (κ1) is 14.9. The van der Waals surface area contributed by atoms with Gasteiger partial charge in [-0.2, -0.15) is 4.31 Å². The molecule has 9 heteroatoms. The summed E-state index contributed by atoms with van der Waals surface area (Å²) >= 11 is 0. The van der Waals surface area contributed by atoms with Crippen LogP contribution in [0.1, 0.15) is 12.8 Å². The lowest BCUT2D eigenvalue weighted by Crippen LogP contribution is -2.29. The molecule has 0 radical (unpaired) electrons. The van der Waals surface area contributed by atoms with Crippen LogP contribution in [0.25, 0.3) is 0 Å². The molecule has 20 heavy (non-hydrogen) atoms. The molecule has 0 spiro atoms. The third kappa shape index (κ3) is 3.15. The van der Waals surface area contributed by atoms with E-state index in [0.29, 0.717) is 18.9 Å². The summed E-state index contributed by atoms with van der Waals surface area (Å²) in [4.78, 5) is -0.602. The maximum absolute atomic E-state index is 12.3. The molecule has 1 fully saturated rings. The lowest BCUT2D eigenvalue weighted by Gasteiger charge is -2.19. The van der Waals surface area contributed by atoms with Crippen molar-refractivity contribution >= 4 is 10.0 Å². The molecule has 1 aromatic carbocycles. The van der Waals surface area contributed by atoms with Gasteiger partial charge in [-0.1, -0.05) is 0 Å². The normalized spacial score (nSPS) is 17.4. The van der Waals surface area contributed by atoms with Crippen LogP contribution in [-0.4, -0.2) is 37.3 Å². The first-order valence-corrected chi connectivity index (χ1v) is 7.23. The van der Waals surface area contributed by atoms with Gasteiger partial charge in [-0.3, -0.25) is 0 Å². The maximum atomic E-state index is 12.3. The van der Waals surface area contributed by atoms with E-state index in [-0.39, 0.29) is 13.1 Å². The Morgan fingerprint density at radius 1 is 1.20 bits per heavy atom. The van der Waals surface area contributed by atoms with Gasteiger partial charge in [-0.25, -0.2) is 8.42 Å². The van der Waals surface area contributed by atoms with Crippen molar-refractivity contribution in [1.29, 1.82) is 0 Å². The van der Waals surface area contributed by atoms with E-state index in [1.54, 1.807) is 0 Å². The molecule has 1 N–H and O–H groups in total. The number of hydrogen-bond acceptors (Lipinski definition) is 4. The van der Waals surface area contributed by atoms with Crippen LogP contribution < -0.4 is 4.74 Å². The number of hydrogen-bond donors (Lipinski definition) is 1. The van der Waals surface area contributed by atoms with Gasteiger partial charge in [0.1, 0.15) is 10.6 Å². The van der Waals surface area contributed by atoms with Gasteiger partial charge in [0.2, 0.25) is 10.0 Å². The number of rotatable bonds is 3. The highest BCUT2D eigenvalue weighted by Gasteiger charge is 2.36. The second-order valence-corrected chi connectivity index (χ2v) is 6.20. The zero-order valence-corrected chi connectivity index (χ0v) is 11.0. The number of benzene rings is 1. The largest absolute Gasteiger partial charge is 0.573 e. The second kappa shape index (κ2) is 5.13. The fourth-order valence-corrected chi connectivity index (χ4v) is 3.59. The molecule has 0 atom stereocenters. The van der Waals surface area contributed by atoms with Crippen molar-refractivity contribution < 1.29 is 31.4 Å². The number of alkyl halides is 3. The zero-order chi connectivity index (χ0) is 15.0. The van der Waals surface area contributed by atoms with Gasteiger partial charge in [0, 0.05) is 19.2 Å². The Kier molecular flexibility index (Phi) is 3.83. The molecule has 1 heterocycles. The van der Waals surface area contributed by atoms with E-state index in [4.69, 9.17) is 0 Å². The fraction of sp³-hybridized carbons (Fsp3) is 0.455. The molecule has 0 amide bonds. The zero-order valence-electron chi connectivity index (χ0n) is 10.2. The fourth-order valence-electron chi connectivity index (χ4n) is 1.98. The van der Waals surface area contributed by atoms with E-state index in [9.17, 15) is 26.7 Å². The highest BCUT2D eigenvalue weighted by atomic mass is 32.2. The molecule has 0 aliphatic carbocycles. The smallest absolute Gasteiger partial charge is 0.508 e. The molecule has 5 nitrogen and oxygen atoms in total. The van der Waals surface area contributed by atoms with Crippen molar-refractivity contribution in [3.8, 4) is 11.5 Å². The van der Waals surface area contributed by atoms with E-state index in [2.05, 4.69) is 4.74 Å². The molecule has 0 aromatic heterocycles. The average Bonchev–Trinajstić information content (AvgIpc) is 2.79. The van der Waals surface area contributed by atoms with Crippen LogP contribution in [0.3, 0.4) is 0 Å². The van der Waals surface area contributed by atoms with Gasteiger partial charge in [-0.15, -0.1) is 13.2 Å². The number of phenols is 1. The van der Waals surface area contributed by atoms with E-state index in [0.717, 1.165) is 16.4 Å². The van der Waals surface area contributed by atoms with Gasteiger partial charge in [-0.05, 0) is 25.0 Å². The lowest BCUT2D eigenvalue weighted by molar-refractivity contribution is -0.275. The average molecular weight is 311 g/mol. The molecule has 2 rings (SSSR count). The topological polar surface area (TPSA) is 66.8 Å². The SMILES string of the molecule is O=S(=O)(c1ccc(O)cc1OC(F)(F)F)N1CCCC1. The van der Waals surface area contributed by atoms with E-state index >= 15 is 0 Å². The summed E-state index contributed by atoms with van der Waals surface area (Å²) in [6.45, 7) is 0.517. The molecule has 1 aromatic rings. The van der Waals surface area contributed by atoms with E-state index in [1.807, 2.05) is 0 Å². The Balaban J connectivity index is 2.45. The predicted octanol–water partition coefficient (Wildman–Crippen LogP) is 2.08. The van der Waals surface area contributed by atoms with Crippen LogP contribution in [0, 0.1) is 0 Å². The van der Waals surface area contributed by atoms with E-state index < -0.39 is 32.8 Å². The van der Waals surface area contributed by atoms with E-state index in [1.165, 1.54) is 0 Å². The van der Waals surface area contributed by atoms with Gasteiger partial charge in [0.25, 0.3) is 0 Å².